The first-order valence-corrected chi connectivity index (χ1v) is 20.8. The van der Waals surface area contributed by atoms with E-state index in [0.29, 0.717) is 110 Å². The fourth-order valence-corrected chi connectivity index (χ4v) is 9.37. The van der Waals surface area contributed by atoms with Gasteiger partial charge in [-0.2, -0.15) is 11.8 Å². The Bertz CT molecular complexity index is 936. The number of hydrogen-bond donors (Lipinski definition) is 4. The van der Waals surface area contributed by atoms with Crippen molar-refractivity contribution in [1.29, 1.82) is 0 Å². The quantitative estimate of drug-likeness (QED) is 0.0485. The van der Waals surface area contributed by atoms with Crippen LogP contribution in [0.4, 0.5) is 4.79 Å². The lowest BCUT2D eigenvalue weighted by Gasteiger charge is -2.31. The lowest BCUT2D eigenvalue weighted by atomic mass is 10.0. The van der Waals surface area contributed by atoms with Crippen LogP contribution >= 0.6 is 18.4 Å². The third kappa shape index (κ3) is 20.3. The van der Waals surface area contributed by atoms with Crippen LogP contribution in [0.5, 0.6) is 0 Å². The Balaban J connectivity index is 1.52. The summed E-state index contributed by atoms with van der Waals surface area (Å²) in [6.07, 6.45) is 3.47. The molecule has 0 aromatic heterocycles. The molecule has 282 valence electrons. The molecule has 14 nitrogen and oxygen atoms in total. The van der Waals surface area contributed by atoms with Crippen LogP contribution in [0.3, 0.4) is 0 Å². The van der Waals surface area contributed by atoms with Gasteiger partial charge in [-0.15, -0.1) is 0 Å². The van der Waals surface area contributed by atoms with Gasteiger partial charge in [-0.3, -0.25) is 4.79 Å². The smallest absolute Gasteiger partial charge is 0.315 e. The number of hydrogen-bond acceptors (Lipinski definition) is 12. The first-order chi connectivity index (χ1) is 23.0. The fraction of sp³-hybridized carbons (Fsp3) is 0.935. The Hall–Kier alpha value is -0.620. The van der Waals surface area contributed by atoms with Gasteiger partial charge in [-0.25, -0.2) is 9.88 Å². The molecular formula is C31H61N4O10PS2. The first kappa shape index (κ1) is 43.5. The minimum absolute atomic E-state index is 0.0345. The maximum Gasteiger partial charge on any atom is 0.315 e. The maximum absolute atomic E-state index is 12.4. The maximum atomic E-state index is 12.4. The number of ether oxygens (including phenoxy) is 6. The molecule has 0 bridgehead atoms. The average molecular weight is 745 g/mol. The van der Waals surface area contributed by atoms with E-state index in [-0.39, 0.29) is 30.1 Å². The van der Waals surface area contributed by atoms with Crippen molar-refractivity contribution in [1.82, 2.24) is 21.0 Å². The van der Waals surface area contributed by atoms with Crippen molar-refractivity contribution < 1.29 is 47.1 Å². The molecule has 2 rings (SSSR count). The molecule has 2 aliphatic rings. The van der Waals surface area contributed by atoms with Crippen molar-refractivity contribution in [2.24, 2.45) is 0 Å². The summed E-state index contributed by atoms with van der Waals surface area (Å²) in [6.45, 7) is 11.5. The molecule has 2 saturated heterocycles. The Labute approximate surface area is 297 Å². The molecule has 4 N–H and O–H groups in total. The Kier molecular flexibility index (Phi) is 23.0. The highest BCUT2D eigenvalue weighted by Crippen LogP contribution is 2.47. The van der Waals surface area contributed by atoms with Gasteiger partial charge in [0.25, 0.3) is 6.64 Å². The molecular weight excluding hydrogens is 683 g/mol. The molecule has 2 aliphatic heterocycles. The van der Waals surface area contributed by atoms with Gasteiger partial charge in [0.05, 0.1) is 89.9 Å². The number of nitrogens with one attached hydrogen (secondary N) is 4. The van der Waals surface area contributed by atoms with E-state index in [4.69, 9.17) is 49.3 Å². The van der Waals surface area contributed by atoms with Crippen LogP contribution in [0.25, 0.3) is 0 Å². The second-order valence-electron chi connectivity index (χ2n) is 12.4. The molecule has 0 aromatic rings. The molecule has 2 heterocycles. The highest BCUT2D eigenvalue weighted by atomic mass is 32.5. The van der Waals surface area contributed by atoms with E-state index in [9.17, 15) is 9.59 Å². The molecule has 0 aromatic carbocycles. The molecule has 0 aliphatic carbocycles. The fourth-order valence-electron chi connectivity index (χ4n) is 5.02. The molecule has 5 atom stereocenters. The molecule has 2 fully saturated rings. The van der Waals surface area contributed by atoms with Crippen molar-refractivity contribution in [2.45, 2.75) is 88.8 Å². The van der Waals surface area contributed by atoms with E-state index in [1.54, 1.807) is 7.11 Å². The Morgan fingerprint density at radius 2 is 1.52 bits per heavy atom. The lowest BCUT2D eigenvalue weighted by Crippen LogP contribution is -2.37. The van der Waals surface area contributed by atoms with E-state index < -0.39 is 12.2 Å². The van der Waals surface area contributed by atoms with Gasteiger partial charge in [0.15, 0.2) is 0 Å². The molecule has 0 spiro atoms. The molecule has 0 saturated carbocycles. The standard InChI is InChI=1S/C31H61N4O10PS2/c1-6-39-14-15-40-16-17-41-18-19-42-20-21-43-22-23-44-46(47,45-31(2,3)4)33-13-11-25(38-5)10-12-32-28(36)9-7-8-27-29-26(24-48-27)34-30(37)35-29/h25-27,29H,6-24H2,1-5H3,(H,32,36)(H,33,47)(H2,34,35,37). The summed E-state index contributed by atoms with van der Waals surface area (Å²) < 4.78 is 45.0. The third-order valence-electron chi connectivity index (χ3n) is 7.30. The van der Waals surface area contributed by atoms with Gasteiger partial charge in [0.1, 0.15) is 0 Å². The number of thioether (sulfide) groups is 1. The van der Waals surface area contributed by atoms with Crippen molar-refractivity contribution in [3.8, 4) is 0 Å². The van der Waals surface area contributed by atoms with Crippen molar-refractivity contribution in [2.75, 3.05) is 98.6 Å². The topological polar surface area (TPSA) is 156 Å². The summed E-state index contributed by atoms with van der Waals surface area (Å²) >= 11 is 7.66. The van der Waals surface area contributed by atoms with E-state index in [1.165, 1.54) is 0 Å². The van der Waals surface area contributed by atoms with Crippen LogP contribution in [0.1, 0.15) is 59.8 Å². The van der Waals surface area contributed by atoms with Gasteiger partial charge in [-0.1, -0.05) is 0 Å². The van der Waals surface area contributed by atoms with Crippen LogP contribution in [-0.4, -0.2) is 140 Å². The van der Waals surface area contributed by atoms with Gasteiger partial charge >= 0.3 is 6.03 Å². The zero-order valence-corrected chi connectivity index (χ0v) is 32.1. The largest absolute Gasteiger partial charge is 0.381 e. The normalized spacial score (nSPS) is 21.0. The van der Waals surface area contributed by atoms with Crippen LogP contribution < -0.4 is 21.0 Å². The van der Waals surface area contributed by atoms with Crippen molar-refractivity contribution in [3.63, 3.8) is 0 Å². The van der Waals surface area contributed by atoms with Gasteiger partial charge in [0.2, 0.25) is 5.91 Å². The van der Waals surface area contributed by atoms with E-state index >= 15 is 0 Å². The lowest BCUT2D eigenvalue weighted by molar-refractivity contribution is -0.121. The SMILES string of the molecule is CCOCCOCCOCCOCCOCCOP(=S)(NCCC(CCNC(=O)CCCC1SCC2NC(=O)NC21)OC)OC(C)(C)C. The summed E-state index contributed by atoms with van der Waals surface area (Å²) in [6, 6.07) is 0.287. The number of carbonyl (C=O) groups excluding carboxylic acids is 2. The number of methoxy groups -OCH3 is 1. The van der Waals surface area contributed by atoms with Crippen molar-refractivity contribution >= 4 is 42.1 Å². The predicted molar refractivity (Wildman–Crippen MR) is 191 cm³/mol. The van der Waals surface area contributed by atoms with Gasteiger partial charge in [0, 0.05) is 44.2 Å². The molecule has 5 unspecified atom stereocenters. The zero-order valence-electron chi connectivity index (χ0n) is 29.6. The van der Waals surface area contributed by atoms with Crippen LogP contribution in [0.2, 0.25) is 0 Å². The summed E-state index contributed by atoms with van der Waals surface area (Å²) in [4.78, 5) is 24.0. The van der Waals surface area contributed by atoms with E-state index in [2.05, 4.69) is 21.0 Å². The molecule has 17 heteroatoms. The average Bonchev–Trinajstić information content (AvgIpc) is 3.58. The molecule has 0 radical (unpaired) electrons. The van der Waals surface area contributed by atoms with Gasteiger partial charge in [-0.05, 0) is 65.2 Å². The van der Waals surface area contributed by atoms with E-state index in [0.717, 1.165) is 18.6 Å². The number of urea groups is 1. The summed E-state index contributed by atoms with van der Waals surface area (Å²) in [7, 11) is 1.67. The summed E-state index contributed by atoms with van der Waals surface area (Å²) in [5, 5.41) is 12.6. The predicted octanol–water partition coefficient (Wildman–Crippen LogP) is 2.98. The summed E-state index contributed by atoms with van der Waals surface area (Å²) in [5.74, 6) is 0.958. The number of carbonyl (C=O) groups is 2. The van der Waals surface area contributed by atoms with Crippen LogP contribution in [-0.2, 0) is 54.1 Å². The second-order valence-corrected chi connectivity index (χ2v) is 16.9. The Morgan fingerprint density at radius 3 is 2.10 bits per heavy atom. The number of fused-ring (bicyclic) bond motifs is 1. The number of rotatable bonds is 30. The van der Waals surface area contributed by atoms with Gasteiger partial charge < -0.3 is 53.4 Å². The minimum atomic E-state index is -2.79. The second kappa shape index (κ2) is 25.4. The summed E-state index contributed by atoms with van der Waals surface area (Å²) in [5.41, 5.74) is -0.486. The van der Waals surface area contributed by atoms with Crippen LogP contribution in [0.15, 0.2) is 0 Å². The monoisotopic (exact) mass is 744 g/mol. The zero-order chi connectivity index (χ0) is 35.1. The highest BCUT2D eigenvalue weighted by molar-refractivity contribution is 8.09. The first-order valence-electron chi connectivity index (χ1n) is 17.1. The number of amides is 3. The molecule has 48 heavy (non-hydrogen) atoms. The Morgan fingerprint density at radius 1 is 0.938 bits per heavy atom. The molecule has 3 amide bonds. The van der Waals surface area contributed by atoms with Crippen molar-refractivity contribution in [3.05, 3.63) is 0 Å². The minimum Gasteiger partial charge on any atom is -0.381 e. The highest BCUT2D eigenvalue weighted by Gasteiger charge is 2.42. The van der Waals surface area contributed by atoms with E-state index in [1.807, 2.05) is 39.5 Å². The van der Waals surface area contributed by atoms with Crippen LogP contribution in [0, 0.1) is 0 Å². The third-order valence-corrected chi connectivity index (χ3v) is 11.7.